The second kappa shape index (κ2) is 6.22. The highest BCUT2D eigenvalue weighted by molar-refractivity contribution is 5.63. The Bertz CT molecular complexity index is 595. The van der Waals surface area contributed by atoms with Gasteiger partial charge in [-0.2, -0.15) is 0 Å². The molecule has 1 aliphatic carbocycles. The number of aromatic nitrogens is 1. The molecule has 2 aromatic rings. The van der Waals surface area contributed by atoms with Crippen LogP contribution in [0.1, 0.15) is 25.7 Å². The van der Waals surface area contributed by atoms with Crippen molar-refractivity contribution in [1.82, 2.24) is 4.98 Å². The first kappa shape index (κ1) is 14.0. The summed E-state index contributed by atoms with van der Waals surface area (Å²) in [5, 5.41) is 12.6. The molecule has 1 saturated carbocycles. The van der Waals surface area contributed by atoms with Gasteiger partial charge in [-0.05, 0) is 37.3 Å². The number of anilines is 1. The van der Waals surface area contributed by atoms with Gasteiger partial charge in [0.1, 0.15) is 0 Å². The number of aliphatic hydroxyl groups is 1. The van der Waals surface area contributed by atoms with Gasteiger partial charge in [-0.3, -0.25) is 0 Å². The van der Waals surface area contributed by atoms with Gasteiger partial charge in [-0.25, -0.2) is 9.37 Å². The highest BCUT2D eigenvalue weighted by Gasteiger charge is 2.20. The fourth-order valence-electron chi connectivity index (χ4n) is 2.75. The smallest absolute Gasteiger partial charge is 0.166 e. The topological polar surface area (TPSA) is 45.1 Å². The molecule has 2 N–H and O–H groups in total. The van der Waals surface area contributed by atoms with Crippen molar-refractivity contribution in [2.75, 3.05) is 5.32 Å². The molecule has 0 unspecified atom stereocenters. The second-order valence-electron chi connectivity index (χ2n) is 5.57. The van der Waals surface area contributed by atoms with Crippen LogP contribution >= 0.6 is 0 Å². The minimum Gasteiger partial charge on any atom is -0.393 e. The Kier molecular flexibility index (Phi) is 4.15. The fraction of sp³-hybridized carbons (Fsp3) is 0.353. The Hall–Kier alpha value is -1.94. The predicted octanol–water partition coefficient (Wildman–Crippen LogP) is 3.60. The number of benzene rings is 1. The number of nitrogens with zero attached hydrogens (tertiary/aromatic N) is 1. The van der Waals surface area contributed by atoms with Gasteiger partial charge in [0.05, 0.1) is 6.10 Å². The molecule has 0 spiro atoms. The first-order valence-electron chi connectivity index (χ1n) is 7.38. The van der Waals surface area contributed by atoms with E-state index in [1.54, 1.807) is 6.20 Å². The second-order valence-corrected chi connectivity index (χ2v) is 5.57. The van der Waals surface area contributed by atoms with Crippen LogP contribution in [-0.2, 0) is 0 Å². The average molecular weight is 286 g/mol. The summed E-state index contributed by atoms with van der Waals surface area (Å²) in [6.45, 7) is 0. The van der Waals surface area contributed by atoms with E-state index in [0.29, 0.717) is 5.82 Å². The number of rotatable bonds is 3. The fourth-order valence-corrected chi connectivity index (χ4v) is 2.75. The third-order valence-corrected chi connectivity index (χ3v) is 3.99. The predicted molar refractivity (Wildman–Crippen MR) is 81.5 cm³/mol. The van der Waals surface area contributed by atoms with Crippen LogP contribution in [0, 0.1) is 5.82 Å². The first-order valence-corrected chi connectivity index (χ1v) is 7.38. The molecular formula is C17H19FN2O. The van der Waals surface area contributed by atoms with Gasteiger partial charge in [0, 0.05) is 17.8 Å². The minimum atomic E-state index is -0.331. The molecule has 1 heterocycles. The Morgan fingerprint density at radius 2 is 1.76 bits per heavy atom. The number of halogens is 1. The molecule has 3 nitrogen and oxygen atoms in total. The van der Waals surface area contributed by atoms with Crippen LogP contribution in [0.5, 0.6) is 0 Å². The molecule has 3 rings (SSSR count). The van der Waals surface area contributed by atoms with Gasteiger partial charge < -0.3 is 10.4 Å². The number of nitrogens with one attached hydrogen (secondary N) is 1. The van der Waals surface area contributed by atoms with Crippen LogP contribution in [0.3, 0.4) is 0 Å². The zero-order chi connectivity index (χ0) is 14.7. The lowest BCUT2D eigenvalue weighted by atomic mass is 9.93. The van der Waals surface area contributed by atoms with Crippen LogP contribution in [-0.4, -0.2) is 22.2 Å². The molecule has 1 aromatic carbocycles. The van der Waals surface area contributed by atoms with Crippen LogP contribution in [0.25, 0.3) is 11.1 Å². The van der Waals surface area contributed by atoms with Crippen molar-refractivity contribution in [3.8, 4) is 11.1 Å². The molecule has 0 amide bonds. The van der Waals surface area contributed by atoms with Gasteiger partial charge in [0.25, 0.3) is 0 Å². The zero-order valence-electron chi connectivity index (χ0n) is 11.8. The van der Waals surface area contributed by atoms with Gasteiger partial charge >= 0.3 is 0 Å². The maximum atomic E-state index is 14.2. The number of aliphatic hydroxyl groups excluding tert-OH is 1. The van der Waals surface area contributed by atoms with Gasteiger partial charge in [0.2, 0.25) is 0 Å². The Morgan fingerprint density at radius 1 is 1.05 bits per heavy atom. The SMILES string of the molecule is OC1CCC(Nc2ncc(-c3ccccc3)cc2F)CC1. The van der Waals surface area contributed by atoms with Crippen LogP contribution in [0.2, 0.25) is 0 Å². The monoisotopic (exact) mass is 286 g/mol. The Morgan fingerprint density at radius 3 is 2.43 bits per heavy atom. The normalized spacial score (nSPS) is 22.0. The van der Waals surface area contributed by atoms with Gasteiger partial charge in [-0.1, -0.05) is 30.3 Å². The van der Waals surface area contributed by atoms with Crippen molar-refractivity contribution < 1.29 is 9.50 Å². The molecular weight excluding hydrogens is 267 g/mol. The van der Waals surface area contributed by atoms with Gasteiger partial charge in [-0.15, -0.1) is 0 Å². The van der Waals surface area contributed by atoms with Gasteiger partial charge in [0.15, 0.2) is 11.6 Å². The van der Waals surface area contributed by atoms with E-state index in [1.165, 1.54) is 6.07 Å². The lowest BCUT2D eigenvalue weighted by Gasteiger charge is -2.26. The lowest BCUT2D eigenvalue weighted by molar-refractivity contribution is 0.126. The molecule has 4 heteroatoms. The van der Waals surface area contributed by atoms with Crippen molar-refractivity contribution in [2.45, 2.75) is 37.8 Å². The van der Waals surface area contributed by atoms with E-state index < -0.39 is 0 Å². The molecule has 0 atom stereocenters. The number of pyridine rings is 1. The van der Waals surface area contributed by atoms with Crippen molar-refractivity contribution in [3.63, 3.8) is 0 Å². The van der Waals surface area contributed by atoms with E-state index in [2.05, 4.69) is 10.3 Å². The van der Waals surface area contributed by atoms with Crippen molar-refractivity contribution in [2.24, 2.45) is 0 Å². The molecule has 0 bridgehead atoms. The van der Waals surface area contributed by atoms with Crippen LogP contribution in [0.4, 0.5) is 10.2 Å². The average Bonchev–Trinajstić information content (AvgIpc) is 2.52. The molecule has 1 aromatic heterocycles. The first-order chi connectivity index (χ1) is 10.2. The van der Waals surface area contributed by atoms with Crippen LogP contribution < -0.4 is 5.32 Å². The molecule has 0 radical (unpaired) electrons. The van der Waals surface area contributed by atoms with E-state index in [9.17, 15) is 9.50 Å². The molecule has 21 heavy (non-hydrogen) atoms. The summed E-state index contributed by atoms with van der Waals surface area (Å²) in [6.07, 6.45) is 4.72. The Labute approximate surface area is 123 Å². The number of hydrogen-bond donors (Lipinski definition) is 2. The third-order valence-electron chi connectivity index (χ3n) is 3.99. The molecule has 0 saturated heterocycles. The Balaban J connectivity index is 1.73. The molecule has 1 fully saturated rings. The minimum absolute atomic E-state index is 0.193. The van der Waals surface area contributed by atoms with E-state index in [0.717, 1.165) is 36.8 Å². The quantitative estimate of drug-likeness (QED) is 0.906. The molecule has 1 aliphatic rings. The maximum Gasteiger partial charge on any atom is 0.166 e. The third kappa shape index (κ3) is 3.39. The summed E-state index contributed by atoms with van der Waals surface area (Å²) >= 11 is 0. The van der Waals surface area contributed by atoms with Crippen molar-refractivity contribution in [3.05, 3.63) is 48.4 Å². The zero-order valence-corrected chi connectivity index (χ0v) is 11.8. The van der Waals surface area contributed by atoms with Crippen LogP contribution in [0.15, 0.2) is 42.6 Å². The summed E-state index contributed by atoms with van der Waals surface area (Å²) < 4.78 is 14.2. The van der Waals surface area contributed by atoms with E-state index in [-0.39, 0.29) is 18.0 Å². The summed E-state index contributed by atoms with van der Waals surface area (Å²) in [5.74, 6) is -0.0291. The molecule has 0 aliphatic heterocycles. The summed E-state index contributed by atoms with van der Waals surface area (Å²) in [4.78, 5) is 4.22. The van der Waals surface area contributed by atoms with Crippen molar-refractivity contribution >= 4 is 5.82 Å². The van der Waals surface area contributed by atoms with E-state index in [1.807, 2.05) is 30.3 Å². The van der Waals surface area contributed by atoms with E-state index >= 15 is 0 Å². The largest absolute Gasteiger partial charge is 0.393 e. The molecule has 110 valence electrons. The van der Waals surface area contributed by atoms with Crippen molar-refractivity contribution in [1.29, 1.82) is 0 Å². The summed E-state index contributed by atoms with van der Waals surface area (Å²) in [6, 6.07) is 11.4. The summed E-state index contributed by atoms with van der Waals surface area (Å²) in [5.41, 5.74) is 1.73. The maximum absolute atomic E-state index is 14.2. The summed E-state index contributed by atoms with van der Waals surface area (Å²) in [7, 11) is 0. The highest BCUT2D eigenvalue weighted by Crippen LogP contribution is 2.25. The lowest BCUT2D eigenvalue weighted by Crippen LogP contribution is -2.28. The number of hydrogen-bond acceptors (Lipinski definition) is 3. The van der Waals surface area contributed by atoms with E-state index in [4.69, 9.17) is 0 Å². The highest BCUT2D eigenvalue weighted by atomic mass is 19.1. The standard InChI is InChI=1S/C17H19FN2O/c18-16-10-13(12-4-2-1-3-5-12)11-19-17(16)20-14-6-8-15(21)9-7-14/h1-5,10-11,14-15,21H,6-9H2,(H,19,20).